The summed E-state index contributed by atoms with van der Waals surface area (Å²) in [6.07, 6.45) is 0.189. The van der Waals surface area contributed by atoms with Crippen molar-refractivity contribution >= 4 is 5.91 Å². The van der Waals surface area contributed by atoms with E-state index in [1.165, 1.54) is 12.1 Å². The van der Waals surface area contributed by atoms with Gasteiger partial charge < -0.3 is 5.32 Å². The average Bonchev–Trinajstić information content (AvgIpc) is 2.39. The molecule has 1 unspecified atom stereocenters. The maximum absolute atomic E-state index is 13.0. The molecule has 0 aliphatic heterocycles. The molecule has 0 radical (unpaired) electrons. The fourth-order valence-electron chi connectivity index (χ4n) is 1.95. The number of carbonyl (C=O) groups excluding carboxylic acids is 1. The zero-order chi connectivity index (χ0) is 13.7. The van der Waals surface area contributed by atoms with E-state index >= 15 is 0 Å². The fourth-order valence-corrected chi connectivity index (χ4v) is 1.95. The van der Waals surface area contributed by atoms with Gasteiger partial charge in [-0.25, -0.2) is 4.39 Å². The standard InChI is InChI=1S/C16H16FNO/c1-12(14-7-3-2-4-8-14)18-16(19)11-13-6-5-9-15(17)10-13/h2-10,12H,11H2,1H3,(H,18,19). The highest BCUT2D eigenvalue weighted by atomic mass is 19.1. The van der Waals surface area contributed by atoms with Crippen molar-refractivity contribution in [1.29, 1.82) is 0 Å². The molecule has 2 nitrogen and oxygen atoms in total. The van der Waals surface area contributed by atoms with Crippen LogP contribution in [0, 0.1) is 5.82 Å². The van der Waals surface area contributed by atoms with Crippen LogP contribution in [0.5, 0.6) is 0 Å². The molecule has 0 saturated carbocycles. The average molecular weight is 257 g/mol. The van der Waals surface area contributed by atoms with E-state index in [1.807, 2.05) is 37.3 Å². The lowest BCUT2D eigenvalue weighted by atomic mass is 10.1. The number of carbonyl (C=O) groups is 1. The number of halogens is 1. The SMILES string of the molecule is CC(NC(=O)Cc1cccc(F)c1)c1ccccc1. The topological polar surface area (TPSA) is 29.1 Å². The predicted molar refractivity (Wildman–Crippen MR) is 73.1 cm³/mol. The highest BCUT2D eigenvalue weighted by molar-refractivity contribution is 5.79. The van der Waals surface area contributed by atoms with Gasteiger partial charge in [-0.15, -0.1) is 0 Å². The number of hydrogen-bond donors (Lipinski definition) is 1. The minimum absolute atomic E-state index is 0.0535. The van der Waals surface area contributed by atoms with Crippen LogP contribution in [0.3, 0.4) is 0 Å². The monoisotopic (exact) mass is 257 g/mol. The van der Waals surface area contributed by atoms with E-state index in [-0.39, 0.29) is 24.2 Å². The van der Waals surface area contributed by atoms with E-state index in [1.54, 1.807) is 12.1 Å². The number of hydrogen-bond acceptors (Lipinski definition) is 1. The van der Waals surface area contributed by atoms with Crippen LogP contribution in [0.2, 0.25) is 0 Å². The molecule has 2 aromatic carbocycles. The van der Waals surface area contributed by atoms with Crippen LogP contribution < -0.4 is 5.32 Å². The van der Waals surface area contributed by atoms with E-state index in [0.29, 0.717) is 5.56 Å². The fraction of sp³-hybridized carbons (Fsp3) is 0.188. The summed E-state index contributed by atoms with van der Waals surface area (Å²) in [5.74, 6) is -0.427. The Hall–Kier alpha value is -2.16. The molecule has 98 valence electrons. The number of rotatable bonds is 4. The third-order valence-electron chi connectivity index (χ3n) is 2.93. The van der Waals surface area contributed by atoms with Crippen molar-refractivity contribution in [1.82, 2.24) is 5.32 Å². The molecule has 1 amide bonds. The van der Waals surface area contributed by atoms with Crippen LogP contribution in [0.15, 0.2) is 54.6 Å². The Bertz CT molecular complexity index is 554. The van der Waals surface area contributed by atoms with Crippen LogP contribution in [-0.4, -0.2) is 5.91 Å². The van der Waals surface area contributed by atoms with Gasteiger partial charge in [0.05, 0.1) is 12.5 Å². The van der Waals surface area contributed by atoms with Gasteiger partial charge in [0.25, 0.3) is 0 Å². The van der Waals surface area contributed by atoms with Crippen molar-refractivity contribution in [2.45, 2.75) is 19.4 Å². The first kappa shape index (κ1) is 13.3. The van der Waals surface area contributed by atoms with Gasteiger partial charge in [0.15, 0.2) is 0 Å². The zero-order valence-corrected chi connectivity index (χ0v) is 10.8. The van der Waals surface area contributed by atoms with Gasteiger partial charge in [-0.2, -0.15) is 0 Å². The van der Waals surface area contributed by atoms with Crippen molar-refractivity contribution in [3.8, 4) is 0 Å². The van der Waals surface area contributed by atoms with Crippen molar-refractivity contribution in [3.63, 3.8) is 0 Å². The number of amides is 1. The van der Waals surface area contributed by atoms with E-state index in [9.17, 15) is 9.18 Å². The van der Waals surface area contributed by atoms with E-state index < -0.39 is 0 Å². The van der Waals surface area contributed by atoms with Crippen molar-refractivity contribution in [2.75, 3.05) is 0 Å². The third kappa shape index (κ3) is 3.91. The highest BCUT2D eigenvalue weighted by Gasteiger charge is 2.09. The number of benzene rings is 2. The summed E-state index contributed by atoms with van der Waals surface area (Å²) >= 11 is 0. The maximum atomic E-state index is 13.0. The van der Waals surface area contributed by atoms with Crippen LogP contribution in [0.25, 0.3) is 0 Å². The quantitative estimate of drug-likeness (QED) is 0.895. The first-order valence-corrected chi connectivity index (χ1v) is 6.24. The molecule has 0 aliphatic rings. The molecule has 0 bridgehead atoms. The van der Waals surface area contributed by atoms with Crippen molar-refractivity contribution < 1.29 is 9.18 Å². The molecule has 1 N–H and O–H groups in total. The Morgan fingerprint density at radius 3 is 2.58 bits per heavy atom. The Kier molecular flexibility index (Phi) is 4.29. The largest absolute Gasteiger partial charge is 0.349 e. The molecule has 0 fully saturated rings. The second kappa shape index (κ2) is 6.14. The maximum Gasteiger partial charge on any atom is 0.224 e. The minimum atomic E-state index is -0.318. The number of nitrogens with one attached hydrogen (secondary N) is 1. The van der Waals surface area contributed by atoms with Crippen LogP contribution >= 0.6 is 0 Å². The molecule has 0 aliphatic carbocycles. The molecule has 1 atom stereocenters. The summed E-state index contributed by atoms with van der Waals surface area (Å²) in [6, 6.07) is 15.8. The summed E-state index contributed by atoms with van der Waals surface area (Å²) in [6.45, 7) is 1.93. The third-order valence-corrected chi connectivity index (χ3v) is 2.93. The van der Waals surface area contributed by atoms with E-state index in [4.69, 9.17) is 0 Å². The first-order valence-electron chi connectivity index (χ1n) is 6.24. The molecule has 2 aromatic rings. The second-order valence-electron chi connectivity index (χ2n) is 4.51. The lowest BCUT2D eigenvalue weighted by Crippen LogP contribution is -2.28. The molecule has 0 spiro atoms. The molecule has 2 rings (SSSR count). The summed E-state index contributed by atoms with van der Waals surface area (Å²) in [4.78, 5) is 11.9. The van der Waals surface area contributed by atoms with Gasteiger partial charge in [-0.05, 0) is 30.2 Å². The summed E-state index contributed by atoms with van der Waals surface area (Å²) in [5.41, 5.74) is 1.73. The molecule has 0 heterocycles. The molecule has 19 heavy (non-hydrogen) atoms. The second-order valence-corrected chi connectivity index (χ2v) is 4.51. The van der Waals surface area contributed by atoms with Crippen LogP contribution in [0.1, 0.15) is 24.1 Å². The van der Waals surface area contributed by atoms with Crippen LogP contribution in [0.4, 0.5) is 4.39 Å². The smallest absolute Gasteiger partial charge is 0.224 e. The van der Waals surface area contributed by atoms with E-state index in [0.717, 1.165) is 5.56 Å². The molecular weight excluding hydrogens is 241 g/mol. The highest BCUT2D eigenvalue weighted by Crippen LogP contribution is 2.11. The Morgan fingerprint density at radius 1 is 1.16 bits per heavy atom. The molecular formula is C16H16FNO. The normalized spacial score (nSPS) is 11.9. The van der Waals surface area contributed by atoms with Gasteiger partial charge in [-0.3, -0.25) is 4.79 Å². The molecule has 0 aromatic heterocycles. The first-order chi connectivity index (χ1) is 9.15. The van der Waals surface area contributed by atoms with Gasteiger partial charge in [0.1, 0.15) is 5.82 Å². The van der Waals surface area contributed by atoms with Gasteiger partial charge in [0, 0.05) is 0 Å². The summed E-state index contributed by atoms with van der Waals surface area (Å²) < 4.78 is 13.0. The van der Waals surface area contributed by atoms with Gasteiger partial charge in [0.2, 0.25) is 5.91 Å². The summed E-state index contributed by atoms with van der Waals surface area (Å²) in [5, 5.41) is 2.90. The lowest BCUT2D eigenvalue weighted by Gasteiger charge is -2.14. The van der Waals surface area contributed by atoms with Gasteiger partial charge in [-0.1, -0.05) is 42.5 Å². The molecule has 3 heteroatoms. The Labute approximate surface area is 112 Å². The zero-order valence-electron chi connectivity index (χ0n) is 10.8. The Balaban J connectivity index is 1.95. The molecule has 0 saturated heterocycles. The lowest BCUT2D eigenvalue weighted by molar-refractivity contribution is -0.121. The Morgan fingerprint density at radius 2 is 1.89 bits per heavy atom. The summed E-state index contributed by atoms with van der Waals surface area (Å²) in [7, 11) is 0. The van der Waals surface area contributed by atoms with Crippen molar-refractivity contribution in [2.24, 2.45) is 0 Å². The van der Waals surface area contributed by atoms with Gasteiger partial charge >= 0.3 is 0 Å². The van der Waals surface area contributed by atoms with Crippen molar-refractivity contribution in [3.05, 3.63) is 71.5 Å². The minimum Gasteiger partial charge on any atom is -0.349 e. The predicted octanol–water partition coefficient (Wildman–Crippen LogP) is 3.25. The van der Waals surface area contributed by atoms with E-state index in [2.05, 4.69) is 5.32 Å². The van der Waals surface area contributed by atoms with Crippen LogP contribution in [-0.2, 0) is 11.2 Å².